The van der Waals surface area contributed by atoms with Crippen LogP contribution >= 0.6 is 11.3 Å². The lowest BCUT2D eigenvalue weighted by Gasteiger charge is -2.18. The molecule has 0 spiro atoms. The topological polar surface area (TPSA) is 15.3 Å². The monoisotopic (exact) mass is 238 g/mol. The molecule has 1 aliphatic rings. The van der Waals surface area contributed by atoms with Crippen LogP contribution in [0.25, 0.3) is 0 Å². The Morgan fingerprint density at radius 2 is 2.44 bits per heavy atom. The molecule has 3 heteroatoms. The fourth-order valence-electron chi connectivity index (χ4n) is 2.23. The van der Waals surface area contributed by atoms with Crippen LogP contribution in [0.3, 0.4) is 0 Å². The number of nitrogens with one attached hydrogen (secondary N) is 1. The first kappa shape index (κ1) is 12.1. The molecule has 1 saturated heterocycles. The molecule has 1 fully saturated rings. The summed E-state index contributed by atoms with van der Waals surface area (Å²) in [7, 11) is 2.25. The van der Waals surface area contributed by atoms with E-state index in [1.807, 2.05) is 11.3 Å². The molecule has 1 N–H and O–H groups in total. The number of rotatable bonds is 6. The van der Waals surface area contributed by atoms with E-state index in [1.54, 1.807) is 0 Å². The summed E-state index contributed by atoms with van der Waals surface area (Å²) in [5.41, 5.74) is 0. The van der Waals surface area contributed by atoms with Crippen molar-refractivity contribution in [2.24, 2.45) is 5.92 Å². The third kappa shape index (κ3) is 3.89. The zero-order valence-corrected chi connectivity index (χ0v) is 10.9. The maximum absolute atomic E-state index is 3.43. The number of likely N-dealkylation sites (N-methyl/N-ethyl adjacent to an activating group) is 1. The Balaban J connectivity index is 1.58. The lowest BCUT2D eigenvalue weighted by atomic mass is 10.1. The van der Waals surface area contributed by atoms with Crippen LogP contribution < -0.4 is 5.32 Å². The highest BCUT2D eigenvalue weighted by Gasteiger charge is 2.14. The standard InChI is InChI=1S/C13H22N2S/c1-15(8-5-12-4-7-14-11-12)9-6-13-3-2-10-16-13/h2-3,10,12,14H,4-9,11H2,1H3. The lowest BCUT2D eigenvalue weighted by molar-refractivity contribution is 0.309. The van der Waals surface area contributed by atoms with E-state index in [1.165, 1.54) is 50.3 Å². The molecular weight excluding hydrogens is 216 g/mol. The highest BCUT2D eigenvalue weighted by Crippen LogP contribution is 2.13. The SMILES string of the molecule is CN(CCc1cccs1)CCC1CCNC1. The van der Waals surface area contributed by atoms with E-state index in [-0.39, 0.29) is 0 Å². The van der Waals surface area contributed by atoms with E-state index in [2.05, 4.69) is 34.8 Å². The first-order valence-corrected chi connectivity index (χ1v) is 7.14. The van der Waals surface area contributed by atoms with Crippen molar-refractivity contribution in [3.63, 3.8) is 0 Å². The summed E-state index contributed by atoms with van der Waals surface area (Å²) in [5.74, 6) is 0.921. The molecule has 2 nitrogen and oxygen atoms in total. The average Bonchev–Trinajstić information content (AvgIpc) is 2.96. The molecule has 2 heterocycles. The van der Waals surface area contributed by atoms with Gasteiger partial charge in [0.1, 0.15) is 0 Å². The Labute approximate surface area is 103 Å². The minimum absolute atomic E-state index is 0.921. The van der Waals surface area contributed by atoms with E-state index < -0.39 is 0 Å². The van der Waals surface area contributed by atoms with Gasteiger partial charge in [0.05, 0.1) is 0 Å². The fourth-order valence-corrected chi connectivity index (χ4v) is 2.93. The van der Waals surface area contributed by atoms with E-state index in [4.69, 9.17) is 0 Å². The van der Waals surface area contributed by atoms with Gasteiger partial charge in [0, 0.05) is 11.4 Å². The summed E-state index contributed by atoms with van der Waals surface area (Å²) in [6.45, 7) is 4.90. The normalized spacial score (nSPS) is 20.8. The predicted octanol–water partition coefficient (Wildman–Crippen LogP) is 2.22. The summed E-state index contributed by atoms with van der Waals surface area (Å²) < 4.78 is 0. The molecular formula is C13H22N2S. The number of hydrogen-bond donors (Lipinski definition) is 1. The highest BCUT2D eigenvalue weighted by molar-refractivity contribution is 7.09. The van der Waals surface area contributed by atoms with Crippen molar-refractivity contribution in [2.75, 3.05) is 33.2 Å². The van der Waals surface area contributed by atoms with E-state index in [9.17, 15) is 0 Å². The Hall–Kier alpha value is -0.380. The Morgan fingerprint density at radius 3 is 3.12 bits per heavy atom. The molecule has 1 aromatic heterocycles. The molecule has 1 aromatic rings. The van der Waals surface area contributed by atoms with Gasteiger partial charge < -0.3 is 10.2 Å². The van der Waals surface area contributed by atoms with Gasteiger partial charge in [-0.2, -0.15) is 0 Å². The van der Waals surface area contributed by atoms with Crippen molar-refractivity contribution in [3.05, 3.63) is 22.4 Å². The van der Waals surface area contributed by atoms with Gasteiger partial charge in [0.15, 0.2) is 0 Å². The van der Waals surface area contributed by atoms with Crippen molar-refractivity contribution in [1.29, 1.82) is 0 Å². The van der Waals surface area contributed by atoms with Gasteiger partial charge in [-0.25, -0.2) is 0 Å². The summed E-state index contributed by atoms with van der Waals surface area (Å²) in [6, 6.07) is 4.38. The van der Waals surface area contributed by atoms with Crippen LogP contribution in [-0.2, 0) is 6.42 Å². The molecule has 0 aromatic carbocycles. The molecule has 90 valence electrons. The maximum Gasteiger partial charge on any atom is 0.00579 e. The molecule has 0 saturated carbocycles. The van der Waals surface area contributed by atoms with Gasteiger partial charge in [-0.3, -0.25) is 0 Å². The van der Waals surface area contributed by atoms with Crippen LogP contribution in [0.5, 0.6) is 0 Å². The molecule has 2 rings (SSSR count). The van der Waals surface area contributed by atoms with Gasteiger partial charge in [0.25, 0.3) is 0 Å². The largest absolute Gasteiger partial charge is 0.316 e. The Kier molecular flexibility index (Phi) is 4.82. The molecule has 1 atom stereocenters. The van der Waals surface area contributed by atoms with E-state index in [0.717, 1.165) is 5.92 Å². The third-order valence-electron chi connectivity index (χ3n) is 3.40. The molecule has 0 radical (unpaired) electrons. The van der Waals surface area contributed by atoms with Crippen LogP contribution in [0.1, 0.15) is 17.7 Å². The first-order valence-electron chi connectivity index (χ1n) is 6.26. The Bertz CT molecular complexity index is 278. The molecule has 1 aliphatic heterocycles. The minimum atomic E-state index is 0.921. The van der Waals surface area contributed by atoms with Crippen LogP contribution in [0.2, 0.25) is 0 Å². The molecule has 0 amide bonds. The van der Waals surface area contributed by atoms with E-state index >= 15 is 0 Å². The van der Waals surface area contributed by atoms with E-state index in [0.29, 0.717) is 0 Å². The number of hydrogen-bond acceptors (Lipinski definition) is 3. The zero-order chi connectivity index (χ0) is 11.2. The van der Waals surface area contributed by atoms with Gasteiger partial charge >= 0.3 is 0 Å². The first-order chi connectivity index (χ1) is 7.84. The van der Waals surface area contributed by atoms with Gasteiger partial charge in [-0.1, -0.05) is 6.07 Å². The fraction of sp³-hybridized carbons (Fsp3) is 0.692. The summed E-state index contributed by atoms with van der Waals surface area (Å²) in [5, 5.41) is 5.60. The maximum atomic E-state index is 3.43. The molecule has 1 unspecified atom stereocenters. The van der Waals surface area contributed by atoms with Gasteiger partial charge in [-0.05, 0) is 63.3 Å². The molecule has 0 aliphatic carbocycles. The lowest BCUT2D eigenvalue weighted by Crippen LogP contribution is -2.24. The number of nitrogens with zero attached hydrogens (tertiary/aromatic N) is 1. The smallest absolute Gasteiger partial charge is 0.00579 e. The van der Waals surface area contributed by atoms with Gasteiger partial charge in [0.2, 0.25) is 0 Å². The predicted molar refractivity (Wildman–Crippen MR) is 71.1 cm³/mol. The second-order valence-electron chi connectivity index (χ2n) is 4.78. The zero-order valence-electron chi connectivity index (χ0n) is 10.1. The summed E-state index contributed by atoms with van der Waals surface area (Å²) in [4.78, 5) is 3.98. The highest BCUT2D eigenvalue weighted by atomic mass is 32.1. The second kappa shape index (κ2) is 6.38. The second-order valence-corrected chi connectivity index (χ2v) is 5.81. The van der Waals surface area contributed by atoms with Crippen molar-refractivity contribution >= 4 is 11.3 Å². The molecule has 16 heavy (non-hydrogen) atoms. The van der Waals surface area contributed by atoms with Crippen molar-refractivity contribution in [1.82, 2.24) is 10.2 Å². The number of thiophene rings is 1. The summed E-state index contributed by atoms with van der Waals surface area (Å²) in [6.07, 6.45) is 3.93. The van der Waals surface area contributed by atoms with Crippen molar-refractivity contribution in [2.45, 2.75) is 19.3 Å². The Morgan fingerprint density at radius 1 is 1.50 bits per heavy atom. The summed E-state index contributed by atoms with van der Waals surface area (Å²) >= 11 is 1.87. The van der Waals surface area contributed by atoms with Crippen LogP contribution in [-0.4, -0.2) is 38.1 Å². The molecule has 0 bridgehead atoms. The van der Waals surface area contributed by atoms with Crippen LogP contribution in [0.15, 0.2) is 17.5 Å². The van der Waals surface area contributed by atoms with Crippen molar-refractivity contribution in [3.8, 4) is 0 Å². The quantitative estimate of drug-likeness (QED) is 0.817. The third-order valence-corrected chi connectivity index (χ3v) is 4.34. The average molecular weight is 238 g/mol. The van der Waals surface area contributed by atoms with Gasteiger partial charge in [-0.15, -0.1) is 11.3 Å². The van der Waals surface area contributed by atoms with Crippen molar-refractivity contribution < 1.29 is 0 Å². The van der Waals surface area contributed by atoms with Crippen LogP contribution in [0.4, 0.5) is 0 Å². The van der Waals surface area contributed by atoms with Crippen LogP contribution in [0, 0.1) is 5.92 Å². The minimum Gasteiger partial charge on any atom is -0.316 e.